The molecule has 21 heavy (non-hydrogen) atoms. The van der Waals surface area contributed by atoms with Crippen molar-refractivity contribution in [1.82, 2.24) is 4.90 Å². The number of anilines is 1. The van der Waals surface area contributed by atoms with Crippen molar-refractivity contribution in [3.63, 3.8) is 0 Å². The Morgan fingerprint density at radius 1 is 1.24 bits per heavy atom. The molecule has 0 unspecified atom stereocenters. The molecule has 0 radical (unpaired) electrons. The minimum atomic E-state index is -0.0760. The molecule has 1 fully saturated rings. The third-order valence-corrected chi connectivity index (χ3v) is 3.97. The van der Waals surface area contributed by atoms with E-state index < -0.39 is 0 Å². The Bertz CT molecular complexity index is 517. The van der Waals surface area contributed by atoms with Crippen LogP contribution >= 0.6 is 0 Å². The first-order valence-electron chi connectivity index (χ1n) is 7.67. The molecule has 0 aromatic heterocycles. The number of rotatable bonds is 3. The molecule has 1 saturated heterocycles. The fraction of sp³-hybridized carbons (Fsp3) is 0.529. The van der Waals surface area contributed by atoms with E-state index in [2.05, 4.69) is 12.2 Å². The van der Waals surface area contributed by atoms with Crippen LogP contribution in [-0.4, -0.2) is 29.8 Å². The van der Waals surface area contributed by atoms with Gasteiger partial charge in [0.2, 0.25) is 5.91 Å². The van der Waals surface area contributed by atoms with E-state index in [4.69, 9.17) is 0 Å². The molecule has 1 aromatic carbocycles. The highest BCUT2D eigenvalue weighted by molar-refractivity contribution is 5.97. The van der Waals surface area contributed by atoms with Gasteiger partial charge < -0.3 is 10.2 Å². The van der Waals surface area contributed by atoms with Crippen LogP contribution in [0.5, 0.6) is 0 Å². The summed E-state index contributed by atoms with van der Waals surface area (Å²) in [5, 5.41) is 2.84. The van der Waals surface area contributed by atoms with Gasteiger partial charge in [0.25, 0.3) is 5.91 Å². The largest absolute Gasteiger partial charge is 0.339 e. The summed E-state index contributed by atoms with van der Waals surface area (Å²) in [5.74, 6) is 0.646. The maximum atomic E-state index is 12.5. The van der Waals surface area contributed by atoms with Crippen LogP contribution in [0.3, 0.4) is 0 Å². The van der Waals surface area contributed by atoms with E-state index in [-0.39, 0.29) is 17.7 Å². The number of carbonyl (C=O) groups excluding carboxylic acids is 2. The van der Waals surface area contributed by atoms with Crippen LogP contribution in [0.15, 0.2) is 24.3 Å². The number of hydrogen-bond donors (Lipinski definition) is 1. The number of hydrogen-bond acceptors (Lipinski definition) is 2. The zero-order chi connectivity index (χ0) is 15.4. The third-order valence-electron chi connectivity index (χ3n) is 3.97. The van der Waals surface area contributed by atoms with Crippen LogP contribution in [-0.2, 0) is 4.79 Å². The van der Waals surface area contributed by atoms with Crippen LogP contribution < -0.4 is 5.32 Å². The van der Waals surface area contributed by atoms with Gasteiger partial charge in [-0.15, -0.1) is 0 Å². The number of benzene rings is 1. The molecule has 0 atom stereocenters. The fourth-order valence-corrected chi connectivity index (χ4v) is 2.41. The van der Waals surface area contributed by atoms with Crippen LogP contribution in [0.4, 0.5) is 5.69 Å². The summed E-state index contributed by atoms with van der Waals surface area (Å²) >= 11 is 0. The Balaban J connectivity index is 2.06. The van der Waals surface area contributed by atoms with Crippen molar-refractivity contribution in [3.8, 4) is 0 Å². The maximum absolute atomic E-state index is 12.5. The molecule has 2 rings (SSSR count). The average molecular weight is 288 g/mol. The normalized spacial score (nSPS) is 16.1. The standard InChI is InChI=1S/C17H24N2O2/c1-12(2)16(20)18-15-6-4-5-14(11-15)17(21)19-9-7-13(3)8-10-19/h4-6,11-13H,7-10H2,1-3H3,(H,18,20). The minimum absolute atomic E-state index is 0.0357. The monoisotopic (exact) mass is 288 g/mol. The van der Waals surface area contributed by atoms with Gasteiger partial charge in [-0.05, 0) is 37.0 Å². The molecule has 0 aliphatic carbocycles. The molecule has 0 spiro atoms. The topological polar surface area (TPSA) is 49.4 Å². The molecular formula is C17H24N2O2. The zero-order valence-electron chi connectivity index (χ0n) is 13.1. The van der Waals surface area contributed by atoms with Gasteiger partial charge in [0.05, 0.1) is 0 Å². The lowest BCUT2D eigenvalue weighted by Gasteiger charge is -2.30. The van der Waals surface area contributed by atoms with Gasteiger partial charge in [-0.2, -0.15) is 0 Å². The van der Waals surface area contributed by atoms with Crippen LogP contribution in [0.1, 0.15) is 44.0 Å². The van der Waals surface area contributed by atoms with Crippen molar-refractivity contribution < 1.29 is 9.59 Å². The van der Waals surface area contributed by atoms with E-state index in [1.807, 2.05) is 36.9 Å². The van der Waals surface area contributed by atoms with Gasteiger partial charge in [0.15, 0.2) is 0 Å². The smallest absolute Gasteiger partial charge is 0.253 e. The Hall–Kier alpha value is -1.84. The Kier molecular flexibility index (Phi) is 4.99. The lowest BCUT2D eigenvalue weighted by Crippen LogP contribution is -2.37. The molecule has 1 heterocycles. The van der Waals surface area contributed by atoms with Crippen LogP contribution in [0, 0.1) is 11.8 Å². The lowest BCUT2D eigenvalue weighted by atomic mass is 9.98. The fourth-order valence-electron chi connectivity index (χ4n) is 2.41. The number of carbonyl (C=O) groups is 2. The van der Waals surface area contributed by atoms with Gasteiger partial charge in [0.1, 0.15) is 0 Å². The summed E-state index contributed by atoms with van der Waals surface area (Å²) < 4.78 is 0. The molecule has 2 amide bonds. The van der Waals surface area contributed by atoms with E-state index >= 15 is 0 Å². The molecule has 4 heteroatoms. The van der Waals surface area contributed by atoms with Crippen molar-refractivity contribution >= 4 is 17.5 Å². The maximum Gasteiger partial charge on any atom is 0.253 e. The Labute approximate surface area is 126 Å². The number of piperidine rings is 1. The summed E-state index contributed by atoms with van der Waals surface area (Å²) in [7, 11) is 0. The number of nitrogens with zero attached hydrogens (tertiary/aromatic N) is 1. The molecule has 0 saturated carbocycles. The van der Waals surface area contributed by atoms with E-state index in [0.29, 0.717) is 17.2 Å². The minimum Gasteiger partial charge on any atom is -0.339 e. The first-order valence-corrected chi connectivity index (χ1v) is 7.67. The molecule has 0 bridgehead atoms. The van der Waals surface area contributed by atoms with Crippen molar-refractivity contribution in [2.45, 2.75) is 33.6 Å². The van der Waals surface area contributed by atoms with Gasteiger partial charge in [-0.3, -0.25) is 9.59 Å². The predicted octanol–water partition coefficient (Wildman–Crippen LogP) is 3.15. The van der Waals surface area contributed by atoms with Crippen LogP contribution in [0.2, 0.25) is 0 Å². The number of nitrogens with one attached hydrogen (secondary N) is 1. The van der Waals surface area contributed by atoms with Crippen molar-refractivity contribution in [2.24, 2.45) is 11.8 Å². The van der Waals surface area contributed by atoms with E-state index in [1.54, 1.807) is 6.07 Å². The second kappa shape index (κ2) is 6.74. The summed E-state index contributed by atoms with van der Waals surface area (Å²) in [4.78, 5) is 26.1. The molecule has 1 aliphatic heterocycles. The molecule has 1 aliphatic rings. The first-order chi connectivity index (χ1) is 9.97. The summed E-state index contributed by atoms with van der Waals surface area (Å²) in [6.07, 6.45) is 2.13. The van der Waals surface area contributed by atoms with Crippen molar-refractivity contribution in [2.75, 3.05) is 18.4 Å². The van der Waals surface area contributed by atoms with Gasteiger partial charge >= 0.3 is 0 Å². The quantitative estimate of drug-likeness (QED) is 0.929. The molecule has 1 N–H and O–H groups in total. The molecule has 114 valence electrons. The highest BCUT2D eigenvalue weighted by Gasteiger charge is 2.21. The molecular weight excluding hydrogens is 264 g/mol. The van der Waals surface area contributed by atoms with E-state index in [9.17, 15) is 9.59 Å². The highest BCUT2D eigenvalue weighted by Crippen LogP contribution is 2.19. The van der Waals surface area contributed by atoms with Gasteiger partial charge in [0, 0.05) is 30.3 Å². The van der Waals surface area contributed by atoms with E-state index in [1.165, 1.54) is 0 Å². The molecule has 4 nitrogen and oxygen atoms in total. The first kappa shape index (κ1) is 15.5. The second-order valence-electron chi connectivity index (χ2n) is 6.20. The number of amides is 2. The van der Waals surface area contributed by atoms with Gasteiger partial charge in [-0.1, -0.05) is 26.8 Å². The second-order valence-corrected chi connectivity index (χ2v) is 6.20. The third kappa shape index (κ3) is 4.06. The van der Waals surface area contributed by atoms with E-state index in [0.717, 1.165) is 25.9 Å². The van der Waals surface area contributed by atoms with Crippen molar-refractivity contribution in [3.05, 3.63) is 29.8 Å². The van der Waals surface area contributed by atoms with Crippen LogP contribution in [0.25, 0.3) is 0 Å². The summed E-state index contributed by atoms with van der Waals surface area (Å²) in [6.45, 7) is 7.56. The van der Waals surface area contributed by atoms with Crippen molar-refractivity contribution in [1.29, 1.82) is 0 Å². The zero-order valence-corrected chi connectivity index (χ0v) is 13.1. The highest BCUT2D eigenvalue weighted by atomic mass is 16.2. The summed E-state index contributed by atoms with van der Waals surface area (Å²) in [5.41, 5.74) is 1.33. The Morgan fingerprint density at radius 2 is 1.90 bits per heavy atom. The Morgan fingerprint density at radius 3 is 2.52 bits per heavy atom. The predicted molar refractivity (Wildman–Crippen MR) is 84.2 cm³/mol. The SMILES string of the molecule is CC1CCN(C(=O)c2cccc(NC(=O)C(C)C)c2)CC1. The number of likely N-dealkylation sites (tertiary alicyclic amines) is 1. The lowest BCUT2D eigenvalue weighted by molar-refractivity contribution is -0.118. The molecule has 1 aromatic rings. The average Bonchev–Trinajstić information content (AvgIpc) is 2.47. The summed E-state index contributed by atoms with van der Waals surface area (Å²) in [6, 6.07) is 7.21. The van der Waals surface area contributed by atoms with Gasteiger partial charge in [-0.25, -0.2) is 0 Å².